The molecule has 0 fully saturated rings. The van der Waals surface area contributed by atoms with Crippen LogP contribution in [-0.4, -0.2) is 18.1 Å². The fourth-order valence-corrected chi connectivity index (χ4v) is 1.85. The first-order chi connectivity index (χ1) is 5.83. The number of nitrogens with one attached hydrogen (secondary N) is 1. The molecule has 0 aromatic carbocycles. The molecular weight excluding hydrogens is 186 g/mol. The molecule has 12 heavy (non-hydrogen) atoms. The molecule has 1 atom stereocenters. The summed E-state index contributed by atoms with van der Waals surface area (Å²) in [5.41, 5.74) is 0. The zero-order valence-corrected chi connectivity index (χ0v) is 9.17. The maximum Gasteiger partial charge on any atom is 0.0300 e. The van der Waals surface area contributed by atoms with Crippen LogP contribution in [0.5, 0.6) is 0 Å². The van der Waals surface area contributed by atoms with Crippen molar-refractivity contribution in [3.05, 3.63) is 22.4 Å². The summed E-state index contributed by atoms with van der Waals surface area (Å²) in [6.07, 6.45) is 2.15. The Hall–Kier alpha value is 0.01000. The minimum atomic E-state index is 0.713. The molecule has 3 heteroatoms. The first-order valence-corrected chi connectivity index (χ1v) is 6.25. The largest absolute Gasteiger partial charge is 0.311 e. The summed E-state index contributed by atoms with van der Waals surface area (Å²) >= 11 is 3.72. The van der Waals surface area contributed by atoms with Crippen molar-refractivity contribution in [1.29, 1.82) is 0 Å². The summed E-state index contributed by atoms with van der Waals surface area (Å²) in [5, 5.41) is 6.26. The van der Waals surface area contributed by atoms with Crippen LogP contribution in [0.3, 0.4) is 0 Å². The predicted molar refractivity (Wildman–Crippen MR) is 59.0 cm³/mol. The number of hydrogen-bond acceptors (Lipinski definition) is 3. The number of thioether (sulfide) groups is 1. The third-order valence-electron chi connectivity index (χ3n) is 1.71. The average Bonchev–Trinajstić information content (AvgIpc) is 2.57. The van der Waals surface area contributed by atoms with Gasteiger partial charge in [0.15, 0.2) is 0 Å². The Balaban J connectivity index is 2.11. The molecule has 0 radical (unpaired) electrons. The Morgan fingerprint density at radius 2 is 2.50 bits per heavy atom. The topological polar surface area (TPSA) is 12.0 Å². The van der Waals surface area contributed by atoms with E-state index in [1.165, 1.54) is 4.88 Å². The highest BCUT2D eigenvalue weighted by atomic mass is 32.2. The molecule has 1 heterocycles. The molecule has 1 unspecified atom stereocenters. The molecule has 1 N–H and O–H groups in total. The summed E-state index contributed by atoms with van der Waals surface area (Å²) in [6.45, 7) is 4.35. The van der Waals surface area contributed by atoms with Gasteiger partial charge in [-0.3, -0.25) is 0 Å². The van der Waals surface area contributed by atoms with E-state index in [9.17, 15) is 0 Å². The third kappa shape index (κ3) is 3.61. The zero-order valence-electron chi connectivity index (χ0n) is 7.54. The van der Waals surface area contributed by atoms with Crippen LogP contribution in [0.25, 0.3) is 0 Å². The summed E-state index contributed by atoms with van der Waals surface area (Å²) in [6, 6.07) is 4.26. The van der Waals surface area contributed by atoms with Crippen LogP contribution in [0.4, 0.5) is 0 Å². The number of rotatable bonds is 5. The zero-order chi connectivity index (χ0) is 8.81. The average molecular weight is 201 g/mol. The molecule has 0 aliphatic rings. The second kappa shape index (κ2) is 5.62. The molecule has 0 bridgehead atoms. The maximum atomic E-state index is 3.43. The van der Waals surface area contributed by atoms with Crippen LogP contribution >= 0.6 is 23.1 Å². The second-order valence-corrected chi connectivity index (χ2v) is 5.06. The van der Waals surface area contributed by atoms with Crippen LogP contribution in [0.2, 0.25) is 0 Å². The summed E-state index contributed by atoms with van der Waals surface area (Å²) in [5.74, 6) is 0. The first kappa shape index (κ1) is 10.1. The maximum absolute atomic E-state index is 3.43. The smallest absolute Gasteiger partial charge is 0.0300 e. The van der Waals surface area contributed by atoms with E-state index in [1.54, 1.807) is 0 Å². The minimum absolute atomic E-state index is 0.713. The van der Waals surface area contributed by atoms with E-state index >= 15 is 0 Å². The molecule has 0 spiro atoms. The van der Waals surface area contributed by atoms with Gasteiger partial charge in [-0.05, 0) is 17.7 Å². The second-order valence-electron chi connectivity index (χ2n) is 2.76. The highest BCUT2D eigenvalue weighted by molar-refractivity contribution is 7.99. The van der Waals surface area contributed by atoms with Gasteiger partial charge in [-0.15, -0.1) is 11.3 Å². The van der Waals surface area contributed by atoms with Crippen LogP contribution in [0, 0.1) is 0 Å². The highest BCUT2D eigenvalue weighted by Crippen LogP contribution is 2.08. The fourth-order valence-electron chi connectivity index (χ4n) is 0.895. The molecule has 68 valence electrons. The van der Waals surface area contributed by atoms with Crippen LogP contribution in [-0.2, 0) is 6.54 Å². The van der Waals surface area contributed by atoms with E-state index in [1.807, 2.05) is 23.1 Å². The minimum Gasteiger partial charge on any atom is -0.311 e. The van der Waals surface area contributed by atoms with Gasteiger partial charge in [0.1, 0.15) is 0 Å². The molecule has 0 saturated heterocycles. The lowest BCUT2D eigenvalue weighted by Crippen LogP contribution is -2.21. The van der Waals surface area contributed by atoms with Crippen LogP contribution in [0.1, 0.15) is 11.8 Å². The van der Waals surface area contributed by atoms with Crippen LogP contribution in [0.15, 0.2) is 17.5 Å². The number of hydrogen-bond donors (Lipinski definition) is 1. The van der Waals surface area contributed by atoms with Crippen molar-refractivity contribution in [3.8, 4) is 0 Å². The van der Waals surface area contributed by atoms with Gasteiger partial charge in [-0.25, -0.2) is 0 Å². The van der Waals surface area contributed by atoms with Crippen molar-refractivity contribution in [2.45, 2.75) is 18.7 Å². The molecule has 1 rings (SSSR count). The van der Waals surface area contributed by atoms with E-state index in [0.29, 0.717) is 5.25 Å². The number of thiophene rings is 1. The monoisotopic (exact) mass is 201 g/mol. The SMILES string of the molecule is CSC(C)CNCc1cccs1. The quantitative estimate of drug-likeness (QED) is 0.786. The highest BCUT2D eigenvalue weighted by Gasteiger charge is 1.98. The fraction of sp³-hybridized carbons (Fsp3) is 0.556. The van der Waals surface area contributed by atoms with E-state index in [4.69, 9.17) is 0 Å². The summed E-state index contributed by atoms with van der Waals surface area (Å²) < 4.78 is 0. The van der Waals surface area contributed by atoms with Gasteiger partial charge in [0.25, 0.3) is 0 Å². The molecule has 1 aromatic heterocycles. The van der Waals surface area contributed by atoms with Crippen molar-refractivity contribution in [3.63, 3.8) is 0 Å². The van der Waals surface area contributed by atoms with Gasteiger partial charge in [0, 0.05) is 23.2 Å². The first-order valence-electron chi connectivity index (χ1n) is 4.09. The molecule has 0 amide bonds. The Morgan fingerprint density at radius 3 is 3.08 bits per heavy atom. The Bertz CT molecular complexity index is 196. The van der Waals surface area contributed by atoms with Gasteiger partial charge in [-0.2, -0.15) is 11.8 Å². The van der Waals surface area contributed by atoms with E-state index in [-0.39, 0.29) is 0 Å². The Kier molecular flexibility index (Phi) is 4.73. The van der Waals surface area contributed by atoms with Crippen molar-refractivity contribution in [2.24, 2.45) is 0 Å². The van der Waals surface area contributed by atoms with Gasteiger partial charge in [-0.1, -0.05) is 13.0 Å². The molecule has 0 aliphatic heterocycles. The lowest BCUT2D eigenvalue weighted by Gasteiger charge is -2.08. The molecule has 0 aliphatic carbocycles. The van der Waals surface area contributed by atoms with Gasteiger partial charge in [0.2, 0.25) is 0 Å². The third-order valence-corrected chi connectivity index (χ3v) is 3.56. The van der Waals surface area contributed by atoms with Gasteiger partial charge >= 0.3 is 0 Å². The Morgan fingerprint density at radius 1 is 1.67 bits per heavy atom. The van der Waals surface area contributed by atoms with Crippen molar-refractivity contribution in [1.82, 2.24) is 5.32 Å². The van der Waals surface area contributed by atoms with E-state index < -0.39 is 0 Å². The summed E-state index contributed by atoms with van der Waals surface area (Å²) in [7, 11) is 0. The molecular formula is C9H15NS2. The van der Waals surface area contributed by atoms with Gasteiger partial charge < -0.3 is 5.32 Å². The van der Waals surface area contributed by atoms with Crippen molar-refractivity contribution >= 4 is 23.1 Å². The van der Waals surface area contributed by atoms with Crippen LogP contribution < -0.4 is 5.32 Å². The standard InChI is InChI=1S/C9H15NS2/c1-8(11-2)6-10-7-9-4-3-5-12-9/h3-5,8,10H,6-7H2,1-2H3. The normalized spacial score (nSPS) is 13.2. The van der Waals surface area contributed by atoms with Gasteiger partial charge in [0.05, 0.1) is 0 Å². The van der Waals surface area contributed by atoms with E-state index in [2.05, 4.69) is 36.0 Å². The lowest BCUT2D eigenvalue weighted by molar-refractivity contribution is 0.691. The predicted octanol–water partition coefficient (Wildman–Crippen LogP) is 2.59. The molecule has 1 aromatic rings. The molecule has 1 nitrogen and oxygen atoms in total. The van der Waals surface area contributed by atoms with E-state index in [0.717, 1.165) is 13.1 Å². The van der Waals surface area contributed by atoms with Crippen molar-refractivity contribution < 1.29 is 0 Å². The Labute approximate surface area is 82.6 Å². The summed E-state index contributed by atoms with van der Waals surface area (Å²) in [4.78, 5) is 1.42. The molecule has 0 saturated carbocycles. The van der Waals surface area contributed by atoms with Crippen molar-refractivity contribution in [2.75, 3.05) is 12.8 Å². The lowest BCUT2D eigenvalue weighted by atomic mass is 10.4.